The number of rotatable bonds is 4. The highest BCUT2D eigenvalue weighted by Gasteiger charge is 1.69. The van der Waals surface area contributed by atoms with Crippen LogP contribution in [0, 0.1) is 0 Å². The van der Waals surface area contributed by atoms with Gasteiger partial charge in [-0.25, -0.2) is 0 Å². The lowest BCUT2D eigenvalue weighted by atomic mass is 10.5. The van der Waals surface area contributed by atoms with E-state index in [-0.39, 0.29) is 17.0 Å². The summed E-state index contributed by atoms with van der Waals surface area (Å²) in [6.45, 7) is 8.81. The van der Waals surface area contributed by atoms with Crippen LogP contribution in [0.4, 0.5) is 0 Å². The van der Waals surface area contributed by atoms with Gasteiger partial charge in [0.2, 0.25) is 0 Å². The molecule has 0 atom stereocenters. The average molecular weight is 178 g/mol. The Morgan fingerprint density at radius 1 is 1.12 bits per heavy atom. The summed E-state index contributed by atoms with van der Waals surface area (Å²) in [5, 5.41) is 3.05. The second-order valence-corrected chi connectivity index (χ2v) is 1.24. The standard InChI is InChI=1S/C6H11N.BrH/c1-3-5-7-6-4-2;/h3-4,7H,1-2,5-6H2;1H. The zero-order valence-corrected chi connectivity index (χ0v) is 6.60. The molecule has 0 radical (unpaired) electrons. The van der Waals surface area contributed by atoms with Crippen molar-refractivity contribution in [3.8, 4) is 0 Å². The fourth-order valence-corrected chi connectivity index (χ4v) is 0.287. The Kier molecular flexibility index (Phi) is 13.6. The Labute approximate surface area is 61.2 Å². The number of hydrogen-bond donors (Lipinski definition) is 1. The van der Waals surface area contributed by atoms with Crippen molar-refractivity contribution in [3.05, 3.63) is 25.3 Å². The van der Waals surface area contributed by atoms with Crippen LogP contribution >= 0.6 is 17.0 Å². The summed E-state index contributed by atoms with van der Waals surface area (Å²) in [7, 11) is 0. The molecule has 0 rings (SSSR count). The van der Waals surface area contributed by atoms with Gasteiger partial charge in [-0.1, -0.05) is 12.2 Å². The molecule has 0 aromatic heterocycles. The SMILES string of the molecule is Br.C=CCNCC=C. The predicted molar refractivity (Wildman–Crippen MR) is 43.6 cm³/mol. The Morgan fingerprint density at radius 2 is 1.50 bits per heavy atom. The number of hydrogen-bond acceptors (Lipinski definition) is 1. The third-order valence-corrected chi connectivity index (χ3v) is 0.577. The maximum Gasteiger partial charge on any atom is 0.0135 e. The molecule has 0 bridgehead atoms. The molecular weight excluding hydrogens is 166 g/mol. The molecule has 0 aliphatic carbocycles. The van der Waals surface area contributed by atoms with E-state index in [0.29, 0.717) is 0 Å². The molecule has 0 aromatic carbocycles. The topological polar surface area (TPSA) is 12.0 Å². The fourth-order valence-electron chi connectivity index (χ4n) is 0.287. The quantitative estimate of drug-likeness (QED) is 0.508. The monoisotopic (exact) mass is 177 g/mol. The van der Waals surface area contributed by atoms with E-state index >= 15 is 0 Å². The number of nitrogens with one attached hydrogen (secondary N) is 1. The molecule has 0 aliphatic heterocycles. The lowest BCUT2D eigenvalue weighted by molar-refractivity contribution is 0.845. The third-order valence-electron chi connectivity index (χ3n) is 0.577. The van der Waals surface area contributed by atoms with E-state index in [0.717, 1.165) is 13.1 Å². The third kappa shape index (κ3) is 9.33. The molecule has 0 aromatic rings. The second kappa shape index (κ2) is 10.0. The predicted octanol–water partition coefficient (Wildman–Crippen LogP) is 1.53. The van der Waals surface area contributed by atoms with Gasteiger partial charge in [0.25, 0.3) is 0 Å². The van der Waals surface area contributed by atoms with Crippen molar-refractivity contribution in [3.63, 3.8) is 0 Å². The van der Waals surface area contributed by atoms with Gasteiger partial charge in [0, 0.05) is 13.1 Å². The lowest BCUT2D eigenvalue weighted by Crippen LogP contribution is -2.11. The first-order chi connectivity index (χ1) is 3.41. The molecule has 2 heteroatoms. The van der Waals surface area contributed by atoms with Crippen LogP contribution < -0.4 is 5.32 Å². The van der Waals surface area contributed by atoms with Crippen molar-refractivity contribution in [2.75, 3.05) is 13.1 Å². The summed E-state index contributed by atoms with van der Waals surface area (Å²) in [6.07, 6.45) is 3.65. The zero-order chi connectivity index (χ0) is 5.54. The van der Waals surface area contributed by atoms with Gasteiger partial charge in [-0.2, -0.15) is 0 Å². The van der Waals surface area contributed by atoms with Gasteiger partial charge in [-0.3, -0.25) is 0 Å². The number of halogens is 1. The first-order valence-electron chi connectivity index (χ1n) is 2.34. The highest BCUT2D eigenvalue weighted by atomic mass is 79.9. The molecule has 48 valence electrons. The fraction of sp³-hybridized carbons (Fsp3) is 0.333. The van der Waals surface area contributed by atoms with Crippen molar-refractivity contribution >= 4 is 17.0 Å². The minimum atomic E-state index is 0. The average Bonchev–Trinajstić information content (AvgIpc) is 1.69. The first kappa shape index (κ1) is 10.8. The van der Waals surface area contributed by atoms with Crippen molar-refractivity contribution in [2.24, 2.45) is 0 Å². The Bertz CT molecular complexity index is 53.5. The van der Waals surface area contributed by atoms with Crippen molar-refractivity contribution in [1.82, 2.24) is 5.32 Å². The molecule has 1 N–H and O–H groups in total. The molecule has 0 saturated carbocycles. The summed E-state index contributed by atoms with van der Waals surface area (Å²) in [6, 6.07) is 0. The van der Waals surface area contributed by atoms with Gasteiger partial charge < -0.3 is 5.32 Å². The Hall–Kier alpha value is -0.0800. The molecule has 1 nitrogen and oxygen atoms in total. The Morgan fingerprint density at radius 3 is 1.75 bits per heavy atom. The minimum absolute atomic E-state index is 0. The maximum absolute atomic E-state index is 3.54. The smallest absolute Gasteiger partial charge is 0.0135 e. The highest BCUT2D eigenvalue weighted by molar-refractivity contribution is 8.93. The van der Waals surface area contributed by atoms with E-state index in [1.165, 1.54) is 0 Å². The zero-order valence-electron chi connectivity index (χ0n) is 4.89. The molecule has 0 aliphatic rings. The van der Waals surface area contributed by atoms with Crippen LogP contribution in [0.1, 0.15) is 0 Å². The van der Waals surface area contributed by atoms with Crippen LogP contribution in [0.3, 0.4) is 0 Å². The normalized spacial score (nSPS) is 7.00. The van der Waals surface area contributed by atoms with Gasteiger partial charge >= 0.3 is 0 Å². The van der Waals surface area contributed by atoms with Gasteiger partial charge in [0.1, 0.15) is 0 Å². The van der Waals surface area contributed by atoms with Gasteiger partial charge in [-0.05, 0) is 0 Å². The summed E-state index contributed by atoms with van der Waals surface area (Å²) >= 11 is 0. The van der Waals surface area contributed by atoms with Crippen molar-refractivity contribution in [2.45, 2.75) is 0 Å². The largest absolute Gasteiger partial charge is 0.310 e. The Balaban J connectivity index is 0. The van der Waals surface area contributed by atoms with Gasteiger partial charge in [0.15, 0.2) is 0 Å². The first-order valence-corrected chi connectivity index (χ1v) is 2.34. The van der Waals surface area contributed by atoms with E-state index in [1.807, 2.05) is 12.2 Å². The summed E-state index contributed by atoms with van der Waals surface area (Å²) in [4.78, 5) is 0. The second-order valence-electron chi connectivity index (χ2n) is 1.24. The summed E-state index contributed by atoms with van der Waals surface area (Å²) in [5.41, 5.74) is 0. The molecule has 8 heavy (non-hydrogen) atoms. The molecule has 0 saturated heterocycles. The van der Waals surface area contributed by atoms with E-state index in [2.05, 4.69) is 18.5 Å². The van der Waals surface area contributed by atoms with Crippen molar-refractivity contribution in [1.29, 1.82) is 0 Å². The van der Waals surface area contributed by atoms with Crippen LogP contribution in [-0.2, 0) is 0 Å². The highest BCUT2D eigenvalue weighted by Crippen LogP contribution is 1.59. The van der Waals surface area contributed by atoms with Crippen LogP contribution in [0.5, 0.6) is 0 Å². The minimum Gasteiger partial charge on any atom is -0.310 e. The van der Waals surface area contributed by atoms with E-state index < -0.39 is 0 Å². The van der Waals surface area contributed by atoms with E-state index in [1.54, 1.807) is 0 Å². The molecule has 0 amide bonds. The summed E-state index contributed by atoms with van der Waals surface area (Å²) < 4.78 is 0. The van der Waals surface area contributed by atoms with Crippen LogP contribution in [0.15, 0.2) is 25.3 Å². The molecule has 0 heterocycles. The molecule has 0 unspecified atom stereocenters. The summed E-state index contributed by atoms with van der Waals surface area (Å²) in [5.74, 6) is 0. The van der Waals surface area contributed by atoms with Crippen molar-refractivity contribution < 1.29 is 0 Å². The van der Waals surface area contributed by atoms with Gasteiger partial charge in [-0.15, -0.1) is 30.1 Å². The van der Waals surface area contributed by atoms with E-state index in [9.17, 15) is 0 Å². The molecular formula is C6H12BrN. The van der Waals surface area contributed by atoms with Crippen LogP contribution in [0.2, 0.25) is 0 Å². The molecule has 0 spiro atoms. The van der Waals surface area contributed by atoms with Crippen LogP contribution in [-0.4, -0.2) is 13.1 Å². The van der Waals surface area contributed by atoms with Gasteiger partial charge in [0.05, 0.1) is 0 Å². The molecule has 0 fully saturated rings. The van der Waals surface area contributed by atoms with Crippen LogP contribution in [0.25, 0.3) is 0 Å². The van der Waals surface area contributed by atoms with E-state index in [4.69, 9.17) is 0 Å². The maximum atomic E-state index is 3.54. The lowest BCUT2D eigenvalue weighted by Gasteiger charge is -1.90.